The number of ether oxygens (including phenoxy) is 1. The van der Waals surface area contributed by atoms with Crippen LogP contribution < -0.4 is 16.0 Å². The average Bonchev–Trinajstić information content (AvgIpc) is 2.65. The molecule has 7 nitrogen and oxygen atoms in total. The van der Waals surface area contributed by atoms with E-state index in [4.69, 9.17) is 4.74 Å². The fraction of sp³-hybridized carbons (Fsp3) is 0.318. The highest BCUT2D eigenvalue weighted by Gasteiger charge is 2.16. The maximum Gasteiger partial charge on any atom is 0.407 e. The molecule has 160 valence electrons. The highest BCUT2D eigenvalue weighted by atomic mass is 19.1. The van der Waals surface area contributed by atoms with Gasteiger partial charge in [-0.15, -0.1) is 0 Å². The lowest BCUT2D eigenvalue weighted by Gasteiger charge is -2.19. The number of alkyl carbamates (subject to hydrolysis) is 1. The van der Waals surface area contributed by atoms with Crippen molar-refractivity contribution in [2.75, 3.05) is 11.9 Å². The van der Waals surface area contributed by atoms with Crippen molar-refractivity contribution in [2.24, 2.45) is 0 Å². The fourth-order valence-corrected chi connectivity index (χ4v) is 2.50. The first-order valence-corrected chi connectivity index (χ1v) is 9.52. The maximum atomic E-state index is 13.7. The summed E-state index contributed by atoms with van der Waals surface area (Å²) in [5, 5.41) is 7.90. The molecule has 8 heteroatoms. The maximum absolute atomic E-state index is 13.7. The summed E-state index contributed by atoms with van der Waals surface area (Å²) in [4.78, 5) is 35.7. The predicted molar refractivity (Wildman–Crippen MR) is 111 cm³/mol. The van der Waals surface area contributed by atoms with Gasteiger partial charge in [0.25, 0.3) is 5.91 Å². The molecule has 0 saturated carbocycles. The van der Waals surface area contributed by atoms with Crippen molar-refractivity contribution < 1.29 is 23.5 Å². The molecular weight excluding hydrogens is 389 g/mol. The van der Waals surface area contributed by atoms with Crippen LogP contribution in [0.15, 0.2) is 48.5 Å². The number of nitrogens with one attached hydrogen (secondary N) is 3. The molecule has 0 atom stereocenters. The molecule has 0 bridgehead atoms. The van der Waals surface area contributed by atoms with Gasteiger partial charge in [0.1, 0.15) is 11.4 Å². The Balaban J connectivity index is 1.81. The van der Waals surface area contributed by atoms with Gasteiger partial charge >= 0.3 is 6.09 Å². The molecule has 2 aromatic rings. The van der Waals surface area contributed by atoms with Crippen LogP contribution in [0.5, 0.6) is 0 Å². The standard InChI is InChI=1S/C22H26FN3O4/c1-22(2,3)30-21(29)24-12-11-19(27)26-16-8-6-7-15(13-16)14-25-20(28)17-9-4-5-10-18(17)23/h4-10,13H,11-12,14H2,1-3H3,(H,24,29)(H,25,28)(H,26,27). The first-order chi connectivity index (χ1) is 14.1. The minimum absolute atomic E-state index is 0.0283. The second-order valence-electron chi connectivity index (χ2n) is 7.59. The number of hydrogen-bond donors (Lipinski definition) is 3. The topological polar surface area (TPSA) is 96.5 Å². The lowest BCUT2D eigenvalue weighted by Crippen LogP contribution is -2.34. The quantitative estimate of drug-likeness (QED) is 0.644. The van der Waals surface area contributed by atoms with E-state index in [9.17, 15) is 18.8 Å². The predicted octanol–water partition coefficient (Wildman–Crippen LogP) is 3.61. The Labute approximate surface area is 175 Å². The van der Waals surface area contributed by atoms with Crippen LogP contribution in [-0.2, 0) is 16.1 Å². The Hall–Kier alpha value is -3.42. The minimum atomic E-state index is -0.603. The number of halogens is 1. The molecule has 0 radical (unpaired) electrons. The van der Waals surface area contributed by atoms with Crippen molar-refractivity contribution >= 4 is 23.6 Å². The second kappa shape index (κ2) is 10.4. The molecule has 0 fully saturated rings. The minimum Gasteiger partial charge on any atom is -0.444 e. The lowest BCUT2D eigenvalue weighted by atomic mass is 10.1. The van der Waals surface area contributed by atoms with Crippen molar-refractivity contribution in [2.45, 2.75) is 39.3 Å². The molecule has 0 unspecified atom stereocenters. The van der Waals surface area contributed by atoms with Crippen LogP contribution in [0.1, 0.15) is 43.1 Å². The third kappa shape index (κ3) is 7.90. The zero-order valence-corrected chi connectivity index (χ0v) is 17.3. The van der Waals surface area contributed by atoms with Crippen molar-refractivity contribution in [3.8, 4) is 0 Å². The molecule has 0 aliphatic heterocycles. The van der Waals surface area contributed by atoms with Gasteiger partial charge in [-0.05, 0) is 50.6 Å². The summed E-state index contributed by atoms with van der Waals surface area (Å²) >= 11 is 0. The van der Waals surface area contributed by atoms with Gasteiger partial charge in [-0.25, -0.2) is 9.18 Å². The van der Waals surface area contributed by atoms with Crippen LogP contribution in [0.3, 0.4) is 0 Å². The van der Waals surface area contributed by atoms with Gasteiger partial charge in [-0.1, -0.05) is 24.3 Å². The second-order valence-corrected chi connectivity index (χ2v) is 7.59. The fourth-order valence-electron chi connectivity index (χ4n) is 2.50. The average molecular weight is 415 g/mol. The monoisotopic (exact) mass is 415 g/mol. The molecule has 0 spiro atoms. The van der Waals surface area contributed by atoms with Gasteiger partial charge < -0.3 is 20.7 Å². The highest BCUT2D eigenvalue weighted by Crippen LogP contribution is 2.12. The van der Waals surface area contributed by atoms with E-state index in [-0.39, 0.29) is 31.0 Å². The van der Waals surface area contributed by atoms with Gasteiger partial charge in [0, 0.05) is 25.2 Å². The Bertz CT molecular complexity index is 909. The number of benzene rings is 2. The zero-order chi connectivity index (χ0) is 22.1. The van der Waals surface area contributed by atoms with Crippen LogP contribution >= 0.6 is 0 Å². The summed E-state index contributed by atoms with van der Waals surface area (Å²) < 4.78 is 18.8. The smallest absolute Gasteiger partial charge is 0.407 e. The molecule has 3 amide bonds. The number of carbonyl (C=O) groups excluding carboxylic acids is 3. The summed E-state index contributed by atoms with van der Waals surface area (Å²) in [5.74, 6) is -1.38. The van der Waals surface area contributed by atoms with E-state index in [1.807, 2.05) is 0 Å². The Morgan fingerprint density at radius 1 is 1.00 bits per heavy atom. The van der Waals surface area contributed by atoms with Gasteiger partial charge in [0.05, 0.1) is 5.56 Å². The molecule has 30 heavy (non-hydrogen) atoms. The van der Waals surface area contributed by atoms with Crippen molar-refractivity contribution in [3.63, 3.8) is 0 Å². The first-order valence-electron chi connectivity index (χ1n) is 9.52. The molecule has 0 saturated heterocycles. The van der Waals surface area contributed by atoms with E-state index in [0.29, 0.717) is 5.69 Å². The van der Waals surface area contributed by atoms with Crippen molar-refractivity contribution in [1.29, 1.82) is 0 Å². The van der Waals surface area contributed by atoms with Crippen LogP contribution in [-0.4, -0.2) is 30.1 Å². The van der Waals surface area contributed by atoms with Crippen molar-refractivity contribution in [1.82, 2.24) is 10.6 Å². The van der Waals surface area contributed by atoms with Gasteiger partial charge in [0.2, 0.25) is 5.91 Å². The van der Waals surface area contributed by atoms with Crippen LogP contribution in [0, 0.1) is 5.82 Å². The Morgan fingerprint density at radius 2 is 1.73 bits per heavy atom. The van der Waals surface area contributed by atoms with E-state index >= 15 is 0 Å². The Morgan fingerprint density at radius 3 is 2.43 bits per heavy atom. The lowest BCUT2D eigenvalue weighted by molar-refractivity contribution is -0.116. The van der Waals surface area contributed by atoms with Gasteiger partial charge in [0.15, 0.2) is 0 Å². The zero-order valence-electron chi connectivity index (χ0n) is 17.3. The third-order valence-electron chi connectivity index (χ3n) is 3.80. The third-order valence-corrected chi connectivity index (χ3v) is 3.80. The van der Waals surface area contributed by atoms with Gasteiger partial charge in [-0.3, -0.25) is 9.59 Å². The van der Waals surface area contributed by atoms with E-state index in [2.05, 4.69) is 16.0 Å². The van der Waals surface area contributed by atoms with Crippen LogP contribution in [0.2, 0.25) is 0 Å². The molecule has 2 aromatic carbocycles. The molecular formula is C22H26FN3O4. The molecule has 0 aliphatic rings. The van der Waals surface area contributed by atoms with Crippen LogP contribution in [0.25, 0.3) is 0 Å². The number of anilines is 1. The number of rotatable bonds is 7. The molecule has 3 N–H and O–H groups in total. The molecule has 0 aliphatic carbocycles. The highest BCUT2D eigenvalue weighted by molar-refractivity contribution is 5.94. The summed E-state index contributed by atoms with van der Waals surface area (Å²) in [6, 6.07) is 12.7. The van der Waals surface area contributed by atoms with E-state index in [1.54, 1.807) is 51.1 Å². The SMILES string of the molecule is CC(C)(C)OC(=O)NCCC(=O)Nc1cccc(CNC(=O)c2ccccc2F)c1. The van der Waals surface area contributed by atoms with E-state index < -0.39 is 23.4 Å². The summed E-state index contributed by atoms with van der Waals surface area (Å²) in [5.41, 5.74) is 0.660. The molecule has 2 rings (SSSR count). The Kier molecular flexibility index (Phi) is 7.91. The van der Waals surface area contributed by atoms with Gasteiger partial charge in [-0.2, -0.15) is 0 Å². The molecule has 0 aromatic heterocycles. The molecule has 0 heterocycles. The van der Waals surface area contributed by atoms with Crippen molar-refractivity contribution in [3.05, 3.63) is 65.5 Å². The number of amides is 3. The number of hydrogen-bond acceptors (Lipinski definition) is 4. The summed E-state index contributed by atoms with van der Waals surface area (Å²) in [7, 11) is 0. The largest absolute Gasteiger partial charge is 0.444 e. The first kappa shape index (κ1) is 22.9. The number of carbonyl (C=O) groups is 3. The summed E-state index contributed by atoms with van der Waals surface area (Å²) in [6.07, 6.45) is -0.504. The van der Waals surface area contributed by atoms with Crippen LogP contribution in [0.4, 0.5) is 14.9 Å². The summed E-state index contributed by atoms with van der Waals surface area (Å²) in [6.45, 7) is 5.58. The van der Waals surface area contributed by atoms with E-state index in [0.717, 1.165) is 5.56 Å². The van der Waals surface area contributed by atoms with E-state index in [1.165, 1.54) is 18.2 Å². The normalized spacial score (nSPS) is 10.8.